The van der Waals surface area contributed by atoms with Gasteiger partial charge in [-0.15, -0.1) is 10.2 Å². The number of nitro groups is 1. The van der Waals surface area contributed by atoms with Crippen LogP contribution >= 0.6 is 34.8 Å². The lowest BCUT2D eigenvalue weighted by molar-refractivity contribution is -0.384. The van der Waals surface area contributed by atoms with E-state index in [1.807, 2.05) is 0 Å². The van der Waals surface area contributed by atoms with Crippen molar-refractivity contribution in [2.75, 3.05) is 23.3 Å². The molecule has 0 saturated carbocycles. The van der Waals surface area contributed by atoms with Crippen molar-refractivity contribution in [3.8, 4) is 11.3 Å². The molecular formula is C24H17Cl3N8O3. The molecule has 5 N–H and O–H groups in total. The lowest BCUT2D eigenvalue weighted by Crippen LogP contribution is -2.13. The van der Waals surface area contributed by atoms with Crippen LogP contribution in [0.4, 0.5) is 23.1 Å². The molecular weight excluding hydrogens is 555 g/mol. The zero-order valence-electron chi connectivity index (χ0n) is 19.2. The van der Waals surface area contributed by atoms with Gasteiger partial charge in [-0.3, -0.25) is 19.9 Å². The smallest absolute Gasteiger partial charge is 0.270 e. The lowest BCUT2D eigenvalue weighted by Gasteiger charge is -2.11. The van der Waals surface area contributed by atoms with Crippen LogP contribution in [0, 0.1) is 10.1 Å². The Labute approximate surface area is 230 Å². The molecule has 1 aromatic heterocycles. The minimum Gasteiger partial charge on any atom is -0.382 e. The van der Waals surface area contributed by atoms with Crippen LogP contribution in [0.2, 0.25) is 15.1 Å². The monoisotopic (exact) mass is 570 g/mol. The lowest BCUT2D eigenvalue weighted by atomic mass is 10.00. The number of hydrogen-bond donors (Lipinski definition) is 3. The number of fused-ring (bicyclic) bond motifs is 1. The number of amides is 1. The average molecular weight is 572 g/mol. The van der Waals surface area contributed by atoms with E-state index in [2.05, 4.69) is 25.5 Å². The molecule has 1 amide bonds. The summed E-state index contributed by atoms with van der Waals surface area (Å²) in [6, 6.07) is 16.4. The van der Waals surface area contributed by atoms with E-state index in [1.165, 1.54) is 18.2 Å². The summed E-state index contributed by atoms with van der Waals surface area (Å²) >= 11 is 18.1. The first-order valence-electron chi connectivity index (χ1n) is 10.7. The van der Waals surface area contributed by atoms with Crippen LogP contribution in [0.25, 0.3) is 11.3 Å². The molecule has 0 aliphatic carbocycles. The van der Waals surface area contributed by atoms with E-state index in [-0.39, 0.29) is 29.9 Å². The van der Waals surface area contributed by atoms with Gasteiger partial charge in [-0.1, -0.05) is 65.1 Å². The number of nitro benzene ring substituents is 1. The molecule has 2 heterocycles. The van der Waals surface area contributed by atoms with Crippen molar-refractivity contribution < 1.29 is 9.72 Å². The van der Waals surface area contributed by atoms with Crippen LogP contribution in [-0.2, 0) is 4.79 Å². The van der Waals surface area contributed by atoms with Crippen LogP contribution in [0.1, 0.15) is 11.1 Å². The summed E-state index contributed by atoms with van der Waals surface area (Å²) in [4.78, 5) is 30.3. The second-order valence-corrected chi connectivity index (χ2v) is 8.88. The Morgan fingerprint density at radius 2 is 1.61 bits per heavy atom. The third kappa shape index (κ3) is 5.80. The summed E-state index contributed by atoms with van der Waals surface area (Å²) in [5, 5.41) is 22.4. The van der Waals surface area contributed by atoms with Gasteiger partial charge in [0.15, 0.2) is 5.82 Å². The number of carbonyl (C=O) groups excluding carboxylic acids is 1. The van der Waals surface area contributed by atoms with Crippen molar-refractivity contribution >= 4 is 69.6 Å². The van der Waals surface area contributed by atoms with Crippen LogP contribution in [0.3, 0.4) is 0 Å². The number of aromatic nitrogens is 3. The Morgan fingerprint density at radius 1 is 0.895 bits per heavy atom. The van der Waals surface area contributed by atoms with Gasteiger partial charge in [0.05, 0.1) is 26.4 Å². The van der Waals surface area contributed by atoms with E-state index < -0.39 is 4.92 Å². The van der Waals surface area contributed by atoms with E-state index in [1.54, 1.807) is 42.5 Å². The Balaban J connectivity index is 0.000000186. The minimum absolute atomic E-state index is 0.0133. The Morgan fingerprint density at radius 3 is 2.32 bits per heavy atom. The molecule has 11 nitrogen and oxygen atoms in total. The highest BCUT2D eigenvalue weighted by molar-refractivity contribution is 6.43. The number of hydrogen-bond acceptors (Lipinski definition) is 9. The number of halogens is 3. The number of nitrogen functional groups attached to an aromatic ring is 2. The molecule has 4 aromatic rings. The van der Waals surface area contributed by atoms with Gasteiger partial charge in [-0.05, 0) is 18.2 Å². The molecule has 5 rings (SSSR count). The number of nitrogens with two attached hydrogens (primary N) is 2. The maximum atomic E-state index is 11.7. The van der Waals surface area contributed by atoms with Gasteiger partial charge in [0.25, 0.3) is 5.69 Å². The van der Waals surface area contributed by atoms with Crippen molar-refractivity contribution in [2.24, 2.45) is 4.99 Å². The molecule has 192 valence electrons. The molecule has 0 radical (unpaired) electrons. The van der Waals surface area contributed by atoms with E-state index in [0.29, 0.717) is 48.9 Å². The van der Waals surface area contributed by atoms with Gasteiger partial charge < -0.3 is 16.8 Å². The van der Waals surface area contributed by atoms with Gasteiger partial charge in [-0.2, -0.15) is 4.98 Å². The van der Waals surface area contributed by atoms with Crippen LogP contribution in [0.5, 0.6) is 0 Å². The summed E-state index contributed by atoms with van der Waals surface area (Å²) in [6.07, 6.45) is 0. The summed E-state index contributed by atoms with van der Waals surface area (Å²) in [7, 11) is 0. The van der Waals surface area contributed by atoms with Gasteiger partial charge in [0.2, 0.25) is 11.9 Å². The highest BCUT2D eigenvalue weighted by atomic mass is 35.5. The predicted octanol–water partition coefficient (Wildman–Crippen LogP) is 5.05. The number of rotatable bonds is 3. The highest BCUT2D eigenvalue weighted by Gasteiger charge is 2.22. The number of benzodiazepines with no additional fused rings is 1. The normalized spacial score (nSPS) is 12.3. The van der Waals surface area contributed by atoms with Crippen LogP contribution < -0.4 is 16.8 Å². The zero-order valence-corrected chi connectivity index (χ0v) is 21.5. The number of non-ortho nitro benzene ring substituents is 1. The molecule has 0 atom stereocenters. The summed E-state index contributed by atoms with van der Waals surface area (Å²) in [5.74, 6) is -0.103. The fourth-order valence-electron chi connectivity index (χ4n) is 3.49. The molecule has 3 aromatic carbocycles. The second-order valence-electron chi connectivity index (χ2n) is 7.69. The van der Waals surface area contributed by atoms with E-state index in [4.69, 9.17) is 46.3 Å². The Hall–Kier alpha value is -4.32. The maximum Gasteiger partial charge on any atom is 0.270 e. The molecule has 1 aliphatic heterocycles. The maximum absolute atomic E-state index is 11.7. The fraction of sp³-hybridized carbons (Fsp3) is 0.0417. The minimum atomic E-state index is -0.489. The molecule has 38 heavy (non-hydrogen) atoms. The molecule has 0 saturated heterocycles. The molecule has 1 aliphatic rings. The third-order valence-electron chi connectivity index (χ3n) is 5.19. The molecule has 14 heteroatoms. The third-order valence-corrected chi connectivity index (χ3v) is 6.34. The molecule has 0 spiro atoms. The quantitative estimate of drug-likeness (QED) is 0.226. The Bertz CT molecular complexity index is 1600. The summed E-state index contributed by atoms with van der Waals surface area (Å²) in [5.41, 5.74) is 13.9. The summed E-state index contributed by atoms with van der Waals surface area (Å²) < 4.78 is 0. The summed E-state index contributed by atoms with van der Waals surface area (Å²) in [6.45, 7) is -0.0664. The Kier molecular flexibility index (Phi) is 8.01. The average Bonchev–Trinajstić information content (AvgIpc) is 3.04. The fourth-order valence-corrected chi connectivity index (χ4v) is 4.10. The first-order chi connectivity index (χ1) is 18.2. The van der Waals surface area contributed by atoms with Crippen molar-refractivity contribution in [2.45, 2.75) is 0 Å². The number of nitrogens with zero attached hydrogens (tertiary/aromatic N) is 5. The number of aliphatic imine (C=N–C) groups is 1. The van der Waals surface area contributed by atoms with Crippen molar-refractivity contribution in [1.29, 1.82) is 0 Å². The van der Waals surface area contributed by atoms with Gasteiger partial charge in [-0.25, -0.2) is 0 Å². The number of benzene rings is 3. The van der Waals surface area contributed by atoms with Gasteiger partial charge >= 0.3 is 0 Å². The van der Waals surface area contributed by atoms with Crippen LogP contribution in [-0.4, -0.2) is 38.3 Å². The number of nitrogens with one attached hydrogen (secondary N) is 1. The van der Waals surface area contributed by atoms with E-state index in [9.17, 15) is 14.9 Å². The van der Waals surface area contributed by atoms with Crippen molar-refractivity contribution in [3.05, 3.63) is 97.0 Å². The largest absolute Gasteiger partial charge is 0.382 e. The highest BCUT2D eigenvalue weighted by Crippen LogP contribution is 2.34. The second kappa shape index (κ2) is 11.4. The van der Waals surface area contributed by atoms with Gasteiger partial charge in [0.1, 0.15) is 12.2 Å². The molecule has 0 bridgehead atoms. The predicted molar refractivity (Wildman–Crippen MR) is 148 cm³/mol. The van der Waals surface area contributed by atoms with Crippen molar-refractivity contribution in [1.82, 2.24) is 15.2 Å². The molecule has 0 fully saturated rings. The first kappa shape index (κ1) is 26.7. The van der Waals surface area contributed by atoms with Crippen LogP contribution in [0.15, 0.2) is 65.7 Å². The standard InChI is InChI=1S/C15H10ClN3O3.C9H7Cl2N5/c16-12-4-2-1-3-10(12)15-11-7-9(19(21)22)5-6-13(11)18-14(20)8-17-15;10-5-3-1-2-4(6(5)11)7-8(12)14-9(13)16-15-7/h1-7H,8H2,(H,18,20);1-3H,(H4,12,13,14,16). The SMILES string of the molecule is Nc1nnc(-c2cccc(Cl)c2Cl)c(N)n1.O=C1CN=C(c2ccccc2Cl)c2cc([N+](=O)[O-])ccc2N1. The van der Waals surface area contributed by atoms with Crippen molar-refractivity contribution in [3.63, 3.8) is 0 Å². The van der Waals surface area contributed by atoms with E-state index in [0.717, 1.165) is 0 Å². The van der Waals surface area contributed by atoms with Gasteiger partial charge in [0, 0.05) is 33.8 Å². The topological polar surface area (TPSA) is 175 Å². The number of carbonyl (C=O) groups is 1. The number of anilines is 3. The zero-order chi connectivity index (χ0) is 27.4. The first-order valence-corrected chi connectivity index (χ1v) is 11.9. The van der Waals surface area contributed by atoms with E-state index >= 15 is 0 Å². The molecule has 0 unspecified atom stereocenters.